The van der Waals surface area contributed by atoms with Crippen LogP contribution >= 0.6 is 11.3 Å². The first-order valence-corrected chi connectivity index (χ1v) is 8.14. The van der Waals surface area contributed by atoms with Gasteiger partial charge in [0.05, 0.1) is 17.0 Å². The summed E-state index contributed by atoms with van der Waals surface area (Å²) in [6.07, 6.45) is 1.64. The Bertz CT molecular complexity index is 728. The number of nitrogens with one attached hydrogen (secondary N) is 1. The van der Waals surface area contributed by atoms with Crippen LogP contribution in [0.1, 0.15) is 10.4 Å². The molecule has 5 nitrogen and oxygen atoms in total. The van der Waals surface area contributed by atoms with E-state index in [1.807, 2.05) is 0 Å². The van der Waals surface area contributed by atoms with Gasteiger partial charge in [-0.2, -0.15) is 0 Å². The van der Waals surface area contributed by atoms with Crippen molar-refractivity contribution in [2.75, 3.05) is 6.54 Å². The summed E-state index contributed by atoms with van der Waals surface area (Å²) in [4.78, 5) is 4.94. The van der Waals surface area contributed by atoms with Crippen molar-refractivity contribution in [2.24, 2.45) is 5.73 Å². The van der Waals surface area contributed by atoms with Gasteiger partial charge in [0.2, 0.25) is 10.0 Å². The lowest BCUT2D eigenvalue weighted by Crippen LogP contribution is -2.22. The van der Waals surface area contributed by atoms with Crippen LogP contribution in [0, 0.1) is 11.8 Å². The molecule has 0 saturated carbocycles. The van der Waals surface area contributed by atoms with Crippen molar-refractivity contribution in [3.63, 3.8) is 0 Å². The van der Waals surface area contributed by atoms with Crippen LogP contribution in [0.4, 0.5) is 0 Å². The molecule has 1 heterocycles. The third-order valence-electron chi connectivity index (χ3n) is 2.40. The Balaban J connectivity index is 2.16. The standard InChI is InChI=1S/C13H13N3O2S2/c14-6-2-4-11-3-1-5-13(7-11)20(17,18)16-9-12-8-15-10-19-12/h1,3,5,7-8,10,16H,6,9,14H2. The first-order valence-electron chi connectivity index (χ1n) is 5.78. The number of thiazole rings is 1. The highest BCUT2D eigenvalue weighted by molar-refractivity contribution is 7.89. The van der Waals surface area contributed by atoms with Crippen LogP contribution in [0.25, 0.3) is 0 Å². The van der Waals surface area contributed by atoms with Crippen LogP contribution in [0.2, 0.25) is 0 Å². The first-order chi connectivity index (χ1) is 9.62. The molecule has 2 rings (SSSR count). The fourth-order valence-corrected chi connectivity index (χ4v) is 3.15. The molecule has 0 saturated heterocycles. The Morgan fingerprint density at radius 1 is 1.40 bits per heavy atom. The van der Waals surface area contributed by atoms with Crippen molar-refractivity contribution in [1.82, 2.24) is 9.71 Å². The predicted octanol–water partition coefficient (Wildman–Crippen LogP) is 0.932. The summed E-state index contributed by atoms with van der Waals surface area (Å²) in [5.41, 5.74) is 7.57. The second kappa shape index (κ2) is 6.63. The van der Waals surface area contributed by atoms with Crippen LogP contribution in [0.15, 0.2) is 40.9 Å². The Morgan fingerprint density at radius 3 is 2.95 bits per heavy atom. The van der Waals surface area contributed by atoms with E-state index in [0.29, 0.717) is 5.56 Å². The maximum Gasteiger partial charge on any atom is 0.240 e. The quantitative estimate of drug-likeness (QED) is 0.823. The summed E-state index contributed by atoms with van der Waals surface area (Å²) >= 11 is 1.40. The van der Waals surface area contributed by atoms with Crippen molar-refractivity contribution in [2.45, 2.75) is 11.4 Å². The molecule has 0 spiro atoms. The van der Waals surface area contributed by atoms with Gasteiger partial charge in [0, 0.05) is 23.2 Å². The van der Waals surface area contributed by atoms with E-state index in [-0.39, 0.29) is 18.0 Å². The van der Waals surface area contributed by atoms with Crippen molar-refractivity contribution in [3.8, 4) is 11.8 Å². The fraction of sp³-hybridized carbons (Fsp3) is 0.154. The molecule has 2 aromatic rings. The minimum Gasteiger partial charge on any atom is -0.320 e. The third kappa shape index (κ3) is 3.88. The molecule has 0 aliphatic rings. The van der Waals surface area contributed by atoms with Gasteiger partial charge in [-0.25, -0.2) is 13.1 Å². The molecule has 0 aliphatic carbocycles. The van der Waals surface area contributed by atoms with Crippen LogP contribution in [0.3, 0.4) is 0 Å². The van der Waals surface area contributed by atoms with Crippen LogP contribution in [0.5, 0.6) is 0 Å². The zero-order valence-corrected chi connectivity index (χ0v) is 12.2. The maximum atomic E-state index is 12.2. The lowest BCUT2D eigenvalue weighted by atomic mass is 10.2. The minimum atomic E-state index is -3.55. The zero-order chi connectivity index (χ0) is 14.4. The average molecular weight is 307 g/mol. The summed E-state index contributed by atoms with van der Waals surface area (Å²) < 4.78 is 26.8. The van der Waals surface area contributed by atoms with Gasteiger partial charge in [-0.1, -0.05) is 17.9 Å². The molecule has 1 aromatic heterocycles. The third-order valence-corrected chi connectivity index (χ3v) is 4.58. The monoisotopic (exact) mass is 307 g/mol. The molecule has 0 aliphatic heterocycles. The van der Waals surface area contributed by atoms with Crippen molar-refractivity contribution in [3.05, 3.63) is 46.4 Å². The molecule has 0 fully saturated rings. The van der Waals surface area contributed by atoms with Gasteiger partial charge in [0.25, 0.3) is 0 Å². The number of aromatic nitrogens is 1. The van der Waals surface area contributed by atoms with Gasteiger partial charge in [-0.05, 0) is 18.2 Å². The molecule has 0 atom stereocenters. The van der Waals surface area contributed by atoms with Crippen LogP contribution in [-0.2, 0) is 16.6 Å². The fourth-order valence-electron chi connectivity index (χ4n) is 1.47. The molecule has 1 aromatic carbocycles. The molecule has 20 heavy (non-hydrogen) atoms. The first kappa shape index (κ1) is 14.7. The average Bonchev–Trinajstić information content (AvgIpc) is 2.97. The highest BCUT2D eigenvalue weighted by atomic mass is 32.2. The van der Waals surface area contributed by atoms with E-state index >= 15 is 0 Å². The molecule has 3 N–H and O–H groups in total. The largest absolute Gasteiger partial charge is 0.320 e. The number of hydrogen-bond donors (Lipinski definition) is 2. The number of nitrogens with two attached hydrogens (primary N) is 1. The molecule has 0 bridgehead atoms. The molecule has 7 heteroatoms. The summed E-state index contributed by atoms with van der Waals surface area (Å²) in [5.74, 6) is 5.50. The smallest absolute Gasteiger partial charge is 0.240 e. The Morgan fingerprint density at radius 2 is 2.25 bits per heavy atom. The van der Waals surface area contributed by atoms with E-state index < -0.39 is 10.0 Å². The van der Waals surface area contributed by atoms with Crippen LogP contribution in [-0.4, -0.2) is 19.9 Å². The summed E-state index contributed by atoms with van der Waals surface area (Å²) in [6.45, 7) is 0.465. The van der Waals surface area contributed by atoms with Crippen molar-refractivity contribution in [1.29, 1.82) is 0 Å². The molecule has 0 radical (unpaired) electrons. The van der Waals surface area contributed by atoms with E-state index in [9.17, 15) is 8.42 Å². The second-order valence-electron chi connectivity index (χ2n) is 3.83. The minimum absolute atomic E-state index is 0.186. The van der Waals surface area contributed by atoms with E-state index in [1.165, 1.54) is 23.5 Å². The molecular weight excluding hydrogens is 294 g/mol. The van der Waals surface area contributed by atoms with Crippen LogP contribution < -0.4 is 10.5 Å². The lowest BCUT2D eigenvalue weighted by molar-refractivity contribution is 0.581. The lowest BCUT2D eigenvalue weighted by Gasteiger charge is -2.05. The number of sulfonamides is 1. The van der Waals surface area contributed by atoms with E-state index in [0.717, 1.165) is 4.88 Å². The normalized spacial score (nSPS) is 10.8. The molecular formula is C13H13N3O2S2. The molecule has 0 unspecified atom stereocenters. The summed E-state index contributed by atoms with van der Waals surface area (Å²) in [7, 11) is -3.55. The van der Waals surface area contributed by atoms with E-state index in [1.54, 1.807) is 23.8 Å². The van der Waals surface area contributed by atoms with Gasteiger partial charge in [0.1, 0.15) is 0 Å². The Labute approximate surface area is 121 Å². The van der Waals surface area contributed by atoms with Crippen molar-refractivity contribution >= 4 is 21.4 Å². The number of benzene rings is 1. The molecule has 104 valence electrons. The zero-order valence-electron chi connectivity index (χ0n) is 10.5. The SMILES string of the molecule is NCC#Cc1cccc(S(=O)(=O)NCc2cncs2)c1. The Kier molecular flexibility index (Phi) is 4.87. The van der Waals surface area contributed by atoms with Gasteiger partial charge in [-0.3, -0.25) is 4.98 Å². The van der Waals surface area contributed by atoms with E-state index in [2.05, 4.69) is 21.5 Å². The summed E-state index contributed by atoms with van der Waals surface area (Å²) in [5, 5.41) is 0. The highest BCUT2D eigenvalue weighted by Gasteiger charge is 2.14. The summed E-state index contributed by atoms with van der Waals surface area (Å²) in [6, 6.07) is 6.45. The number of hydrogen-bond acceptors (Lipinski definition) is 5. The van der Waals surface area contributed by atoms with Gasteiger partial charge >= 0.3 is 0 Å². The van der Waals surface area contributed by atoms with Gasteiger partial charge < -0.3 is 5.73 Å². The highest BCUT2D eigenvalue weighted by Crippen LogP contribution is 2.12. The number of rotatable bonds is 4. The number of nitrogens with zero attached hydrogens (tertiary/aromatic N) is 1. The van der Waals surface area contributed by atoms with Gasteiger partial charge in [-0.15, -0.1) is 11.3 Å². The Hall–Kier alpha value is -1.72. The van der Waals surface area contributed by atoms with Crippen molar-refractivity contribution < 1.29 is 8.42 Å². The molecule has 0 amide bonds. The topological polar surface area (TPSA) is 85.1 Å². The van der Waals surface area contributed by atoms with E-state index in [4.69, 9.17) is 5.73 Å². The predicted molar refractivity (Wildman–Crippen MR) is 78.5 cm³/mol. The second-order valence-corrected chi connectivity index (χ2v) is 6.56. The maximum absolute atomic E-state index is 12.2. The van der Waals surface area contributed by atoms with Gasteiger partial charge in [0.15, 0.2) is 0 Å².